The molecule has 1 aromatic carbocycles. The molecule has 0 aromatic heterocycles. The highest BCUT2D eigenvalue weighted by atomic mass is 16.4. The Morgan fingerprint density at radius 1 is 1.00 bits per heavy atom. The Morgan fingerprint density at radius 3 is 2.33 bits per heavy atom. The van der Waals surface area contributed by atoms with Crippen LogP contribution in [0.1, 0.15) is 26.2 Å². The van der Waals surface area contributed by atoms with Crippen LogP contribution in [0.5, 0.6) is 0 Å². The number of nitrogens with one attached hydrogen (secondary N) is 1. The standard InChI is InChI=1S/C22H32N4O4/c1-17(27)25-13-11-24(12-14-25)9-7-19-16-26(10-8-18(19)15-21(28)29)22(30)23-20-5-3-2-4-6-20/h2-6,18-19H,7-16H2,1H3,(H,23,30)(H,28,29)/t18-,19+/m0/s1. The zero-order chi connectivity index (χ0) is 21.5. The summed E-state index contributed by atoms with van der Waals surface area (Å²) in [6, 6.07) is 9.24. The number of carboxylic acids is 1. The highest BCUT2D eigenvalue weighted by molar-refractivity contribution is 5.89. The summed E-state index contributed by atoms with van der Waals surface area (Å²) in [6.07, 6.45) is 1.71. The predicted molar refractivity (Wildman–Crippen MR) is 114 cm³/mol. The van der Waals surface area contributed by atoms with Crippen LogP contribution in [-0.4, -0.2) is 83.5 Å². The number of para-hydroxylation sites is 1. The van der Waals surface area contributed by atoms with E-state index in [0.29, 0.717) is 19.5 Å². The fourth-order valence-electron chi connectivity index (χ4n) is 4.44. The molecule has 3 amide bonds. The van der Waals surface area contributed by atoms with Crippen LogP contribution >= 0.6 is 0 Å². The second-order valence-corrected chi connectivity index (χ2v) is 8.29. The molecule has 30 heavy (non-hydrogen) atoms. The van der Waals surface area contributed by atoms with Gasteiger partial charge in [0.2, 0.25) is 5.91 Å². The molecule has 2 aliphatic rings. The second-order valence-electron chi connectivity index (χ2n) is 8.29. The molecule has 3 rings (SSSR count). The molecule has 0 unspecified atom stereocenters. The zero-order valence-corrected chi connectivity index (χ0v) is 17.6. The van der Waals surface area contributed by atoms with Crippen LogP contribution < -0.4 is 5.32 Å². The van der Waals surface area contributed by atoms with E-state index < -0.39 is 5.97 Å². The average Bonchev–Trinajstić information content (AvgIpc) is 2.73. The molecule has 2 N–H and O–H groups in total. The summed E-state index contributed by atoms with van der Waals surface area (Å²) in [7, 11) is 0. The van der Waals surface area contributed by atoms with Crippen molar-refractivity contribution in [2.24, 2.45) is 11.8 Å². The third-order valence-corrected chi connectivity index (χ3v) is 6.27. The minimum absolute atomic E-state index is 0.0850. The lowest BCUT2D eigenvalue weighted by molar-refractivity contribution is -0.139. The van der Waals surface area contributed by atoms with Gasteiger partial charge in [0, 0.05) is 58.3 Å². The maximum absolute atomic E-state index is 12.7. The van der Waals surface area contributed by atoms with Crippen molar-refractivity contribution in [2.45, 2.75) is 26.2 Å². The topological polar surface area (TPSA) is 93.2 Å². The van der Waals surface area contributed by atoms with E-state index in [9.17, 15) is 19.5 Å². The zero-order valence-electron chi connectivity index (χ0n) is 17.6. The number of carbonyl (C=O) groups is 3. The summed E-state index contributed by atoms with van der Waals surface area (Å²) in [5.41, 5.74) is 0.759. The Bertz CT molecular complexity index is 734. The lowest BCUT2D eigenvalue weighted by atomic mass is 9.81. The molecule has 0 radical (unpaired) electrons. The molecule has 2 fully saturated rings. The number of anilines is 1. The molecular formula is C22H32N4O4. The smallest absolute Gasteiger partial charge is 0.321 e. The summed E-state index contributed by atoms with van der Waals surface area (Å²) < 4.78 is 0. The summed E-state index contributed by atoms with van der Waals surface area (Å²) >= 11 is 0. The number of piperidine rings is 1. The van der Waals surface area contributed by atoms with Crippen molar-refractivity contribution in [3.8, 4) is 0 Å². The number of piperazine rings is 1. The fraction of sp³-hybridized carbons (Fsp3) is 0.591. The van der Waals surface area contributed by atoms with E-state index in [1.165, 1.54) is 0 Å². The molecule has 8 heteroatoms. The molecule has 8 nitrogen and oxygen atoms in total. The van der Waals surface area contributed by atoms with Gasteiger partial charge in [0.25, 0.3) is 0 Å². The Kier molecular flexibility index (Phi) is 7.68. The number of benzene rings is 1. The molecule has 2 heterocycles. The lowest BCUT2D eigenvalue weighted by Crippen LogP contribution is -2.50. The summed E-state index contributed by atoms with van der Waals surface area (Å²) in [5.74, 6) is -0.422. The lowest BCUT2D eigenvalue weighted by Gasteiger charge is -2.40. The molecule has 2 atom stereocenters. The molecular weight excluding hydrogens is 384 g/mol. The van der Waals surface area contributed by atoms with E-state index >= 15 is 0 Å². The van der Waals surface area contributed by atoms with Gasteiger partial charge in [0.15, 0.2) is 0 Å². The van der Waals surface area contributed by atoms with E-state index in [1.807, 2.05) is 40.1 Å². The Morgan fingerprint density at radius 2 is 1.70 bits per heavy atom. The van der Waals surface area contributed by atoms with Gasteiger partial charge in [-0.3, -0.25) is 14.5 Å². The number of carboxylic acid groups (broad SMARTS) is 1. The first-order valence-corrected chi connectivity index (χ1v) is 10.7. The first kappa shape index (κ1) is 22.1. The maximum atomic E-state index is 12.7. The van der Waals surface area contributed by atoms with E-state index in [4.69, 9.17) is 0 Å². The number of urea groups is 1. The minimum atomic E-state index is -0.776. The first-order valence-electron chi connectivity index (χ1n) is 10.7. The highest BCUT2D eigenvalue weighted by Crippen LogP contribution is 2.30. The predicted octanol–water partition coefficient (Wildman–Crippen LogP) is 2.19. The van der Waals surface area contributed by atoms with Gasteiger partial charge >= 0.3 is 12.0 Å². The number of carbonyl (C=O) groups excluding carboxylic acids is 2. The minimum Gasteiger partial charge on any atom is -0.481 e. The molecule has 0 saturated carbocycles. The van der Waals surface area contributed by atoms with Gasteiger partial charge in [-0.1, -0.05) is 18.2 Å². The van der Waals surface area contributed by atoms with Gasteiger partial charge in [0.1, 0.15) is 0 Å². The van der Waals surface area contributed by atoms with Crippen LogP contribution in [0, 0.1) is 11.8 Å². The van der Waals surface area contributed by atoms with Crippen molar-refractivity contribution < 1.29 is 19.5 Å². The largest absolute Gasteiger partial charge is 0.481 e. The third-order valence-electron chi connectivity index (χ3n) is 6.27. The molecule has 0 bridgehead atoms. The maximum Gasteiger partial charge on any atom is 0.321 e. The molecule has 164 valence electrons. The highest BCUT2D eigenvalue weighted by Gasteiger charge is 2.33. The SMILES string of the molecule is CC(=O)N1CCN(CC[C@@H]2CN(C(=O)Nc3ccccc3)CC[C@H]2CC(=O)O)CC1. The number of hydrogen-bond acceptors (Lipinski definition) is 4. The van der Waals surface area contributed by atoms with E-state index in [-0.39, 0.29) is 30.2 Å². The summed E-state index contributed by atoms with van der Waals surface area (Å²) in [4.78, 5) is 41.5. The van der Waals surface area contributed by atoms with Crippen molar-refractivity contribution in [1.29, 1.82) is 0 Å². The van der Waals surface area contributed by atoms with Crippen molar-refractivity contribution in [2.75, 3.05) is 51.1 Å². The van der Waals surface area contributed by atoms with Gasteiger partial charge in [-0.25, -0.2) is 4.79 Å². The second kappa shape index (κ2) is 10.4. The molecule has 0 spiro atoms. The van der Waals surface area contributed by atoms with Gasteiger partial charge in [0.05, 0.1) is 0 Å². The van der Waals surface area contributed by atoms with Crippen LogP contribution in [0.15, 0.2) is 30.3 Å². The van der Waals surface area contributed by atoms with Crippen LogP contribution in [0.4, 0.5) is 10.5 Å². The average molecular weight is 417 g/mol. The number of rotatable bonds is 6. The van der Waals surface area contributed by atoms with Crippen molar-refractivity contribution in [3.05, 3.63) is 30.3 Å². The van der Waals surface area contributed by atoms with Crippen molar-refractivity contribution in [3.63, 3.8) is 0 Å². The normalized spacial score (nSPS) is 22.6. The molecule has 0 aliphatic carbocycles. The molecule has 2 saturated heterocycles. The number of amides is 3. The van der Waals surface area contributed by atoms with Gasteiger partial charge in [-0.2, -0.15) is 0 Å². The van der Waals surface area contributed by atoms with Gasteiger partial charge < -0.3 is 20.2 Å². The third kappa shape index (κ3) is 6.19. The number of nitrogens with zero attached hydrogens (tertiary/aromatic N) is 3. The number of likely N-dealkylation sites (tertiary alicyclic amines) is 1. The van der Waals surface area contributed by atoms with Crippen molar-refractivity contribution >= 4 is 23.6 Å². The van der Waals surface area contributed by atoms with Crippen molar-refractivity contribution in [1.82, 2.24) is 14.7 Å². The quantitative estimate of drug-likeness (QED) is 0.742. The Hall–Kier alpha value is -2.61. The van der Waals surface area contributed by atoms with Crippen LogP contribution in [0.2, 0.25) is 0 Å². The van der Waals surface area contributed by atoms with E-state index in [0.717, 1.165) is 44.8 Å². The summed E-state index contributed by atoms with van der Waals surface area (Å²) in [5, 5.41) is 12.2. The fourth-order valence-corrected chi connectivity index (χ4v) is 4.44. The Labute approximate surface area is 177 Å². The summed E-state index contributed by atoms with van der Waals surface area (Å²) in [6.45, 7) is 6.77. The number of hydrogen-bond donors (Lipinski definition) is 2. The van der Waals surface area contributed by atoms with Crippen LogP contribution in [0.25, 0.3) is 0 Å². The van der Waals surface area contributed by atoms with E-state index in [2.05, 4.69) is 10.2 Å². The monoisotopic (exact) mass is 416 g/mol. The van der Waals surface area contributed by atoms with Gasteiger partial charge in [-0.15, -0.1) is 0 Å². The Balaban J connectivity index is 1.55. The number of aliphatic carboxylic acids is 1. The first-order chi connectivity index (χ1) is 14.4. The van der Waals surface area contributed by atoms with Gasteiger partial charge in [-0.05, 0) is 43.4 Å². The van der Waals surface area contributed by atoms with E-state index in [1.54, 1.807) is 6.92 Å². The molecule has 1 aromatic rings. The molecule has 2 aliphatic heterocycles. The van der Waals surface area contributed by atoms with Crippen LogP contribution in [-0.2, 0) is 9.59 Å². The van der Waals surface area contributed by atoms with Crippen LogP contribution in [0.3, 0.4) is 0 Å².